The van der Waals surface area contributed by atoms with Gasteiger partial charge in [0, 0.05) is 25.3 Å². The minimum absolute atomic E-state index is 0.137. The molecule has 0 heterocycles. The predicted octanol–water partition coefficient (Wildman–Crippen LogP) is 1.48. The Balaban J connectivity index is 3.66. The summed E-state index contributed by atoms with van der Waals surface area (Å²) in [7, 11) is 2.67. The van der Waals surface area contributed by atoms with E-state index in [4.69, 9.17) is 0 Å². The molecule has 0 saturated heterocycles. The summed E-state index contributed by atoms with van der Waals surface area (Å²) in [4.78, 5) is 45.5. The van der Waals surface area contributed by atoms with Crippen LogP contribution in [-0.2, 0) is 9.59 Å². The first-order valence-corrected chi connectivity index (χ1v) is 10.0. The Labute approximate surface area is 150 Å². The Hall–Kier alpha value is -1.42. The van der Waals surface area contributed by atoms with Crippen molar-refractivity contribution in [2.75, 3.05) is 24.6 Å². The third-order valence-electron chi connectivity index (χ3n) is 2.28. The molecule has 0 aromatic heterocycles. The first kappa shape index (κ1) is 22.6. The molecular weight excluding hydrogens is 352 g/mol. The van der Waals surface area contributed by atoms with Crippen molar-refractivity contribution in [2.24, 2.45) is 5.41 Å². The summed E-state index contributed by atoms with van der Waals surface area (Å²) in [5, 5.41) is 9.48. The maximum Gasteiger partial charge on any atom is 0.321 e. The molecule has 0 aromatic carbocycles. The van der Waals surface area contributed by atoms with E-state index >= 15 is 0 Å². The average Bonchev–Trinajstić information content (AvgIpc) is 2.40. The largest absolute Gasteiger partial charge is 0.338 e. The first-order valence-electron chi connectivity index (χ1n) is 7.54. The van der Waals surface area contributed by atoms with Crippen molar-refractivity contribution in [1.29, 1.82) is 0 Å². The van der Waals surface area contributed by atoms with Crippen molar-refractivity contribution in [2.45, 2.75) is 34.1 Å². The minimum atomic E-state index is -0.524. The van der Waals surface area contributed by atoms with Crippen molar-refractivity contribution < 1.29 is 19.2 Å². The van der Waals surface area contributed by atoms with Crippen molar-refractivity contribution in [3.05, 3.63) is 0 Å². The molecule has 0 atom stereocenters. The maximum atomic E-state index is 11.6. The van der Waals surface area contributed by atoms with E-state index in [1.165, 1.54) is 21.6 Å². The van der Waals surface area contributed by atoms with E-state index < -0.39 is 12.1 Å². The number of amides is 6. The molecule has 8 nitrogen and oxygen atoms in total. The molecule has 0 aliphatic heterocycles. The van der Waals surface area contributed by atoms with Crippen LogP contribution in [0.4, 0.5) is 9.59 Å². The van der Waals surface area contributed by atoms with E-state index in [1.807, 2.05) is 20.8 Å². The van der Waals surface area contributed by atoms with Gasteiger partial charge in [0.15, 0.2) is 0 Å². The standard InChI is InChI=1S/C14H26N4O4S2/c1-5-15-12(21)18-11(20)9-24-23-7-6-16-13(22)17-10(19)8-14(2,3)4/h5-9H2,1-4H3,(H2,15,18,20,21)(H2,16,17,19,22). The molecule has 0 bridgehead atoms. The number of hydrogen-bond acceptors (Lipinski definition) is 6. The molecule has 10 heteroatoms. The van der Waals surface area contributed by atoms with Gasteiger partial charge in [-0.25, -0.2) is 9.59 Å². The van der Waals surface area contributed by atoms with Gasteiger partial charge in [-0.1, -0.05) is 42.4 Å². The molecule has 0 aromatic rings. The van der Waals surface area contributed by atoms with Crippen LogP contribution < -0.4 is 21.3 Å². The summed E-state index contributed by atoms with van der Waals surface area (Å²) in [6, 6.07) is -1.03. The van der Waals surface area contributed by atoms with Crippen LogP contribution in [0, 0.1) is 5.41 Å². The van der Waals surface area contributed by atoms with E-state index in [-0.39, 0.29) is 29.4 Å². The first-order chi connectivity index (χ1) is 11.1. The highest BCUT2D eigenvalue weighted by atomic mass is 33.1. The van der Waals surface area contributed by atoms with Gasteiger partial charge in [0.05, 0.1) is 5.75 Å². The molecule has 0 radical (unpaired) electrons. The fraction of sp³-hybridized carbons (Fsp3) is 0.714. The van der Waals surface area contributed by atoms with E-state index in [1.54, 1.807) is 6.92 Å². The third kappa shape index (κ3) is 14.2. The van der Waals surface area contributed by atoms with Crippen LogP contribution in [0.5, 0.6) is 0 Å². The molecule has 4 N–H and O–H groups in total. The van der Waals surface area contributed by atoms with Crippen LogP contribution in [0.1, 0.15) is 34.1 Å². The maximum absolute atomic E-state index is 11.6. The Bertz CT molecular complexity index is 453. The van der Waals surface area contributed by atoms with Crippen LogP contribution >= 0.6 is 21.6 Å². The lowest BCUT2D eigenvalue weighted by Gasteiger charge is -2.16. The Morgan fingerprint density at radius 2 is 1.46 bits per heavy atom. The zero-order chi connectivity index (χ0) is 18.6. The second-order valence-corrected chi connectivity index (χ2v) is 8.62. The zero-order valence-electron chi connectivity index (χ0n) is 14.5. The van der Waals surface area contributed by atoms with E-state index in [2.05, 4.69) is 21.3 Å². The number of nitrogens with one attached hydrogen (secondary N) is 4. The predicted molar refractivity (Wildman–Crippen MR) is 97.7 cm³/mol. The molecule has 0 spiro atoms. The summed E-state index contributed by atoms with van der Waals surface area (Å²) in [6.45, 7) is 8.33. The molecule has 24 heavy (non-hydrogen) atoms. The Morgan fingerprint density at radius 1 is 0.875 bits per heavy atom. The molecule has 138 valence electrons. The second kappa shape index (κ2) is 12.0. The molecule has 0 unspecified atom stereocenters. The van der Waals surface area contributed by atoms with Gasteiger partial charge in [0.1, 0.15) is 0 Å². The lowest BCUT2D eigenvalue weighted by Crippen LogP contribution is -2.41. The number of hydrogen-bond donors (Lipinski definition) is 4. The van der Waals surface area contributed by atoms with Gasteiger partial charge in [-0.3, -0.25) is 20.2 Å². The molecule has 0 aliphatic rings. The van der Waals surface area contributed by atoms with Gasteiger partial charge in [0.25, 0.3) is 0 Å². The Morgan fingerprint density at radius 3 is 2.04 bits per heavy atom. The highest BCUT2D eigenvalue weighted by molar-refractivity contribution is 8.76. The summed E-state index contributed by atoms with van der Waals surface area (Å²) in [5.41, 5.74) is -0.175. The van der Waals surface area contributed by atoms with Gasteiger partial charge in [0.2, 0.25) is 11.8 Å². The highest BCUT2D eigenvalue weighted by Crippen LogP contribution is 2.19. The summed E-state index contributed by atoms with van der Waals surface area (Å²) >= 11 is 0. The molecule has 6 amide bonds. The third-order valence-corrected chi connectivity index (χ3v) is 4.55. The van der Waals surface area contributed by atoms with Gasteiger partial charge < -0.3 is 10.6 Å². The quantitative estimate of drug-likeness (QED) is 0.375. The van der Waals surface area contributed by atoms with E-state index in [0.717, 1.165) is 0 Å². The lowest BCUT2D eigenvalue weighted by molar-refractivity contribution is -0.121. The highest BCUT2D eigenvalue weighted by Gasteiger charge is 2.17. The number of imide groups is 2. The average molecular weight is 379 g/mol. The van der Waals surface area contributed by atoms with Crippen LogP contribution in [0.25, 0.3) is 0 Å². The fourth-order valence-corrected chi connectivity index (χ4v) is 3.16. The van der Waals surface area contributed by atoms with Gasteiger partial charge in [-0.2, -0.15) is 0 Å². The van der Waals surface area contributed by atoms with E-state index in [9.17, 15) is 19.2 Å². The van der Waals surface area contributed by atoms with E-state index in [0.29, 0.717) is 18.8 Å². The van der Waals surface area contributed by atoms with Crippen LogP contribution in [0.2, 0.25) is 0 Å². The van der Waals surface area contributed by atoms with Crippen molar-refractivity contribution >= 4 is 45.5 Å². The normalized spacial score (nSPS) is 10.7. The summed E-state index contributed by atoms with van der Waals surface area (Å²) < 4.78 is 0. The molecule has 0 aliphatic carbocycles. The van der Waals surface area contributed by atoms with Crippen LogP contribution in [-0.4, -0.2) is 48.5 Å². The number of carbonyl (C=O) groups is 4. The smallest absolute Gasteiger partial charge is 0.321 e. The van der Waals surface area contributed by atoms with Crippen LogP contribution in [0.3, 0.4) is 0 Å². The monoisotopic (exact) mass is 378 g/mol. The van der Waals surface area contributed by atoms with Gasteiger partial charge in [-0.05, 0) is 12.3 Å². The van der Waals surface area contributed by atoms with Crippen molar-refractivity contribution in [3.8, 4) is 0 Å². The number of rotatable bonds is 8. The summed E-state index contributed by atoms with van der Waals surface area (Å²) in [5.74, 6) is 0.0129. The van der Waals surface area contributed by atoms with Crippen LogP contribution in [0.15, 0.2) is 0 Å². The van der Waals surface area contributed by atoms with Gasteiger partial charge >= 0.3 is 12.1 Å². The SMILES string of the molecule is CCNC(=O)NC(=O)CSSCCNC(=O)NC(=O)CC(C)(C)C. The number of carbonyl (C=O) groups excluding carboxylic acids is 4. The molecular formula is C14H26N4O4S2. The topological polar surface area (TPSA) is 116 Å². The van der Waals surface area contributed by atoms with Gasteiger partial charge in [-0.15, -0.1) is 0 Å². The molecule has 0 saturated carbocycles. The lowest BCUT2D eigenvalue weighted by atomic mass is 9.92. The zero-order valence-corrected chi connectivity index (χ0v) is 16.1. The molecule has 0 rings (SSSR count). The van der Waals surface area contributed by atoms with Crippen molar-refractivity contribution in [1.82, 2.24) is 21.3 Å². The molecule has 0 fully saturated rings. The Kier molecular flexibility index (Phi) is 11.3. The fourth-order valence-electron chi connectivity index (χ4n) is 1.42. The van der Waals surface area contributed by atoms with Crippen molar-refractivity contribution in [3.63, 3.8) is 0 Å². The second-order valence-electron chi connectivity index (χ2n) is 6.03. The summed E-state index contributed by atoms with van der Waals surface area (Å²) in [6.07, 6.45) is 0.270. The minimum Gasteiger partial charge on any atom is -0.338 e. The number of urea groups is 2.